The topological polar surface area (TPSA) is 26.3 Å². The zero-order valence-corrected chi connectivity index (χ0v) is 14.3. The van der Waals surface area contributed by atoms with Crippen molar-refractivity contribution in [1.29, 1.82) is 0 Å². The van der Waals surface area contributed by atoms with Crippen molar-refractivity contribution in [3.05, 3.63) is 34.5 Å². The molecule has 2 unspecified atom stereocenters. The quantitative estimate of drug-likeness (QED) is 0.481. The summed E-state index contributed by atoms with van der Waals surface area (Å²) in [6.07, 6.45) is 8.60. The van der Waals surface area contributed by atoms with Crippen LogP contribution in [0.25, 0.3) is 0 Å². The van der Waals surface area contributed by atoms with Crippen LogP contribution in [-0.2, 0) is 9.53 Å². The molecule has 1 saturated heterocycles. The Balaban J connectivity index is 1.66. The van der Waals surface area contributed by atoms with Crippen LogP contribution in [0.1, 0.15) is 36.5 Å². The summed E-state index contributed by atoms with van der Waals surface area (Å²) in [5.41, 5.74) is 0. The van der Waals surface area contributed by atoms with Gasteiger partial charge in [-0.1, -0.05) is 18.2 Å². The van der Waals surface area contributed by atoms with Crippen LogP contribution in [0.3, 0.4) is 0 Å². The van der Waals surface area contributed by atoms with Crippen molar-refractivity contribution >= 4 is 17.3 Å². The van der Waals surface area contributed by atoms with E-state index in [1.165, 1.54) is 0 Å². The predicted molar refractivity (Wildman–Crippen MR) is 89.9 cm³/mol. The molecule has 1 aliphatic heterocycles. The number of likely N-dealkylation sites (tertiary alicyclic amines) is 1. The predicted octanol–water partition coefficient (Wildman–Crippen LogP) is 3.58. The van der Waals surface area contributed by atoms with Gasteiger partial charge in [-0.25, -0.2) is 0 Å². The third-order valence-corrected chi connectivity index (χ3v) is 5.93. The normalized spacial score (nSPS) is 26.0. The summed E-state index contributed by atoms with van der Waals surface area (Å²) in [4.78, 5) is 14.0. The van der Waals surface area contributed by atoms with Crippen LogP contribution in [-0.4, -0.2) is 43.7 Å². The Bertz CT molecular complexity index is 525. The highest BCUT2D eigenvalue weighted by molar-refractivity contribution is 7.10. The molecular weight excluding hydrogens is 294 g/mol. The molecule has 3 rings (SSSR count). The lowest BCUT2D eigenvalue weighted by molar-refractivity contribution is -0.896. The lowest BCUT2D eigenvalue weighted by atomic mass is 9.90. The van der Waals surface area contributed by atoms with Gasteiger partial charge in [0.1, 0.15) is 6.10 Å². The molecule has 0 aromatic carbocycles. The van der Waals surface area contributed by atoms with Gasteiger partial charge in [0.05, 0.1) is 33.1 Å². The summed E-state index contributed by atoms with van der Waals surface area (Å²) in [7, 11) is 4.49. The molecule has 3 nitrogen and oxygen atoms in total. The number of carbonyl (C=O) groups excluding carboxylic acids is 1. The standard InChI is InChI=1S/C18H26NO2S/c1-19(2)11-9-15(10-12-19)21-18(20)17(14-6-3-4-7-14)16-8-5-13-22-16/h3,5-6,8,13-15,17H,4,7,9-12H2,1-2H3/q+1. The third-order valence-electron chi connectivity index (χ3n) is 4.98. The van der Waals surface area contributed by atoms with E-state index in [0.29, 0.717) is 5.92 Å². The number of carbonyl (C=O) groups is 1. The number of esters is 1. The van der Waals surface area contributed by atoms with Crippen LogP contribution in [0, 0.1) is 5.92 Å². The van der Waals surface area contributed by atoms with E-state index in [1.54, 1.807) is 11.3 Å². The Morgan fingerprint density at radius 3 is 2.68 bits per heavy atom. The van der Waals surface area contributed by atoms with Crippen LogP contribution in [0.5, 0.6) is 0 Å². The number of piperidine rings is 1. The van der Waals surface area contributed by atoms with Crippen LogP contribution in [0.2, 0.25) is 0 Å². The van der Waals surface area contributed by atoms with Gasteiger partial charge in [-0.15, -0.1) is 11.3 Å². The molecule has 2 aliphatic rings. The maximum absolute atomic E-state index is 12.8. The Morgan fingerprint density at radius 2 is 2.09 bits per heavy atom. The number of hydrogen-bond acceptors (Lipinski definition) is 3. The van der Waals surface area contributed by atoms with Gasteiger partial charge in [0.15, 0.2) is 0 Å². The molecule has 22 heavy (non-hydrogen) atoms. The molecule has 2 atom stereocenters. The molecule has 2 heterocycles. The minimum absolute atomic E-state index is 0.0174. The number of quaternary nitrogens is 1. The Hall–Kier alpha value is -1.13. The fourth-order valence-corrected chi connectivity index (χ4v) is 4.39. The zero-order chi connectivity index (χ0) is 15.6. The summed E-state index contributed by atoms with van der Waals surface area (Å²) in [6, 6.07) is 4.10. The van der Waals surface area contributed by atoms with E-state index in [9.17, 15) is 4.79 Å². The Morgan fingerprint density at radius 1 is 1.32 bits per heavy atom. The van der Waals surface area contributed by atoms with E-state index in [4.69, 9.17) is 4.74 Å². The van der Waals surface area contributed by atoms with Crippen LogP contribution >= 0.6 is 11.3 Å². The van der Waals surface area contributed by atoms with Gasteiger partial charge in [0, 0.05) is 17.7 Å². The number of thiophene rings is 1. The van der Waals surface area contributed by atoms with Crippen molar-refractivity contribution in [3.8, 4) is 0 Å². The summed E-state index contributed by atoms with van der Waals surface area (Å²) in [6.45, 7) is 2.18. The van der Waals surface area contributed by atoms with Gasteiger partial charge in [-0.05, 0) is 30.2 Å². The fourth-order valence-electron chi connectivity index (χ4n) is 3.50. The molecule has 1 fully saturated rings. The summed E-state index contributed by atoms with van der Waals surface area (Å²) in [5, 5.41) is 2.05. The lowest BCUT2D eigenvalue weighted by Crippen LogP contribution is -2.48. The van der Waals surface area contributed by atoms with Gasteiger partial charge in [0.25, 0.3) is 0 Å². The first-order chi connectivity index (χ1) is 10.6. The monoisotopic (exact) mass is 320 g/mol. The number of hydrogen-bond donors (Lipinski definition) is 0. The van der Waals surface area contributed by atoms with Crippen molar-refractivity contribution in [2.24, 2.45) is 5.92 Å². The first-order valence-corrected chi connectivity index (χ1v) is 9.16. The molecule has 0 spiro atoms. The molecule has 1 aromatic heterocycles. The summed E-state index contributed by atoms with van der Waals surface area (Å²) >= 11 is 1.67. The van der Waals surface area contributed by atoms with Crippen molar-refractivity contribution < 1.29 is 14.0 Å². The van der Waals surface area contributed by atoms with Crippen molar-refractivity contribution in [1.82, 2.24) is 0 Å². The third kappa shape index (κ3) is 3.61. The Kier molecular flexibility index (Phi) is 4.69. The molecule has 1 aromatic rings. The van der Waals surface area contributed by atoms with E-state index < -0.39 is 0 Å². The Labute approximate surface area is 137 Å². The molecule has 0 bridgehead atoms. The average Bonchev–Trinajstić information content (AvgIpc) is 3.15. The average molecular weight is 320 g/mol. The smallest absolute Gasteiger partial charge is 0.315 e. The molecule has 0 amide bonds. The van der Waals surface area contributed by atoms with Crippen LogP contribution < -0.4 is 0 Å². The largest absolute Gasteiger partial charge is 0.461 e. The van der Waals surface area contributed by atoms with E-state index in [1.807, 2.05) is 6.07 Å². The van der Waals surface area contributed by atoms with Gasteiger partial charge >= 0.3 is 5.97 Å². The van der Waals surface area contributed by atoms with Crippen LogP contribution in [0.15, 0.2) is 29.7 Å². The minimum Gasteiger partial charge on any atom is -0.461 e. The highest BCUT2D eigenvalue weighted by Gasteiger charge is 2.35. The highest BCUT2D eigenvalue weighted by Crippen LogP contribution is 2.37. The molecule has 0 N–H and O–H groups in total. The first-order valence-electron chi connectivity index (χ1n) is 8.28. The maximum Gasteiger partial charge on any atom is 0.315 e. The summed E-state index contributed by atoms with van der Waals surface area (Å²) in [5.74, 6) is 0.182. The lowest BCUT2D eigenvalue weighted by Gasteiger charge is -2.37. The molecule has 0 radical (unpaired) electrons. The van der Waals surface area contributed by atoms with E-state index in [-0.39, 0.29) is 18.0 Å². The summed E-state index contributed by atoms with van der Waals surface area (Å²) < 4.78 is 6.94. The fraction of sp³-hybridized carbons (Fsp3) is 0.611. The number of allylic oxidation sites excluding steroid dienone is 2. The van der Waals surface area contributed by atoms with Gasteiger partial charge in [0.2, 0.25) is 0 Å². The molecule has 4 heteroatoms. The van der Waals surface area contributed by atoms with Crippen molar-refractivity contribution in [2.45, 2.75) is 37.7 Å². The zero-order valence-electron chi connectivity index (χ0n) is 13.5. The van der Waals surface area contributed by atoms with Gasteiger partial charge < -0.3 is 9.22 Å². The molecule has 120 valence electrons. The van der Waals surface area contributed by atoms with Crippen LogP contribution in [0.4, 0.5) is 0 Å². The van der Waals surface area contributed by atoms with Crippen molar-refractivity contribution in [2.75, 3.05) is 27.2 Å². The van der Waals surface area contributed by atoms with E-state index in [0.717, 1.165) is 48.1 Å². The van der Waals surface area contributed by atoms with Gasteiger partial charge in [-0.3, -0.25) is 4.79 Å². The molecular formula is C18H26NO2S+. The number of nitrogens with zero attached hydrogens (tertiary/aromatic N) is 1. The SMILES string of the molecule is C[N+]1(C)CCC(OC(=O)C(c2cccs2)C2C=CCC2)CC1. The van der Waals surface area contributed by atoms with E-state index >= 15 is 0 Å². The maximum atomic E-state index is 12.8. The molecule has 0 saturated carbocycles. The van der Waals surface area contributed by atoms with E-state index in [2.05, 4.69) is 37.7 Å². The second kappa shape index (κ2) is 6.55. The molecule has 1 aliphatic carbocycles. The number of rotatable bonds is 4. The van der Waals surface area contributed by atoms with Crippen molar-refractivity contribution in [3.63, 3.8) is 0 Å². The minimum atomic E-state index is -0.108. The first kappa shape index (κ1) is 15.8. The second-order valence-corrected chi connectivity index (χ2v) is 8.16. The number of ether oxygens (including phenoxy) is 1. The highest BCUT2D eigenvalue weighted by atomic mass is 32.1. The second-order valence-electron chi connectivity index (χ2n) is 7.18. The van der Waals surface area contributed by atoms with Gasteiger partial charge in [-0.2, -0.15) is 0 Å².